The van der Waals surface area contributed by atoms with Crippen LogP contribution in [0.2, 0.25) is 0 Å². The van der Waals surface area contributed by atoms with Gasteiger partial charge in [0.25, 0.3) is 0 Å². The van der Waals surface area contributed by atoms with Crippen molar-refractivity contribution < 1.29 is 18.4 Å². The maximum atomic E-state index is 11.7. The van der Waals surface area contributed by atoms with Gasteiger partial charge < -0.3 is 13.6 Å². The predicted octanol–water partition coefficient (Wildman–Crippen LogP) is 4.01. The summed E-state index contributed by atoms with van der Waals surface area (Å²) in [5.41, 5.74) is 1.83. The summed E-state index contributed by atoms with van der Waals surface area (Å²) in [5, 5.41) is 1.05. The van der Waals surface area contributed by atoms with Crippen LogP contribution in [0, 0.1) is 6.92 Å². The summed E-state index contributed by atoms with van der Waals surface area (Å²) in [6.07, 6.45) is 2.44. The van der Waals surface area contributed by atoms with E-state index in [1.165, 1.54) is 0 Å². The van der Waals surface area contributed by atoms with Crippen LogP contribution in [-0.2, 0) is 22.6 Å². The van der Waals surface area contributed by atoms with Crippen LogP contribution in [0.1, 0.15) is 23.5 Å². The van der Waals surface area contributed by atoms with E-state index in [2.05, 4.69) is 0 Å². The smallest absolute Gasteiger partial charge is 0.306 e. The van der Waals surface area contributed by atoms with E-state index in [9.17, 15) is 4.79 Å². The lowest BCUT2D eigenvalue weighted by molar-refractivity contribution is -0.145. The fourth-order valence-corrected chi connectivity index (χ4v) is 2.26. The molecule has 4 nitrogen and oxygen atoms in total. The lowest BCUT2D eigenvalue weighted by atomic mass is 10.1. The topological polar surface area (TPSA) is 52.6 Å². The quantitative estimate of drug-likeness (QED) is 0.664. The molecule has 0 spiro atoms. The second-order valence-corrected chi connectivity index (χ2v) is 4.89. The number of esters is 1. The standard InChI is InChI=1S/C17H16O4/c1-12-14-6-2-3-7-15(14)21-16(12)11-20-17(18)9-8-13-5-4-10-19-13/h2-7,10H,8-9,11H2,1H3. The summed E-state index contributed by atoms with van der Waals surface area (Å²) in [4.78, 5) is 11.7. The monoisotopic (exact) mass is 284 g/mol. The maximum absolute atomic E-state index is 11.7. The van der Waals surface area contributed by atoms with Gasteiger partial charge in [-0.2, -0.15) is 0 Å². The molecular weight excluding hydrogens is 268 g/mol. The Morgan fingerprint density at radius 3 is 2.81 bits per heavy atom. The highest BCUT2D eigenvalue weighted by Gasteiger charge is 2.12. The predicted molar refractivity (Wildman–Crippen MR) is 77.8 cm³/mol. The zero-order valence-electron chi connectivity index (χ0n) is 11.8. The van der Waals surface area contributed by atoms with Crippen molar-refractivity contribution in [1.29, 1.82) is 0 Å². The minimum absolute atomic E-state index is 0.164. The van der Waals surface area contributed by atoms with Gasteiger partial charge in [0.05, 0.1) is 12.7 Å². The second kappa shape index (κ2) is 5.87. The fourth-order valence-electron chi connectivity index (χ4n) is 2.26. The molecule has 0 fully saturated rings. The van der Waals surface area contributed by atoms with E-state index in [-0.39, 0.29) is 12.6 Å². The van der Waals surface area contributed by atoms with Gasteiger partial charge in [-0.15, -0.1) is 0 Å². The molecule has 0 aliphatic heterocycles. The largest absolute Gasteiger partial charge is 0.469 e. The molecule has 3 rings (SSSR count). The van der Waals surface area contributed by atoms with Crippen LogP contribution in [0.15, 0.2) is 51.5 Å². The minimum atomic E-state index is -0.258. The Hall–Kier alpha value is -2.49. The molecule has 0 saturated carbocycles. The number of ether oxygens (including phenoxy) is 1. The molecule has 0 unspecified atom stereocenters. The molecule has 0 bridgehead atoms. The number of hydrogen-bond donors (Lipinski definition) is 0. The number of benzene rings is 1. The number of carbonyl (C=O) groups excluding carboxylic acids is 1. The average Bonchev–Trinajstić information content (AvgIpc) is 3.12. The SMILES string of the molecule is Cc1c(COC(=O)CCc2ccco2)oc2ccccc12. The molecule has 0 N–H and O–H groups in total. The summed E-state index contributed by atoms with van der Waals surface area (Å²) in [6.45, 7) is 2.13. The average molecular weight is 284 g/mol. The Morgan fingerprint density at radius 2 is 2.05 bits per heavy atom. The molecule has 2 heterocycles. The number of rotatable bonds is 5. The first kappa shape index (κ1) is 13.5. The van der Waals surface area contributed by atoms with Gasteiger partial charge in [0, 0.05) is 17.4 Å². The van der Waals surface area contributed by atoms with E-state index in [0.717, 1.165) is 22.3 Å². The van der Waals surface area contributed by atoms with Gasteiger partial charge in [0.2, 0.25) is 0 Å². The number of furan rings is 2. The van der Waals surface area contributed by atoms with Crippen molar-refractivity contribution in [2.24, 2.45) is 0 Å². The highest BCUT2D eigenvalue weighted by molar-refractivity contribution is 5.81. The number of carbonyl (C=O) groups is 1. The lowest BCUT2D eigenvalue weighted by Crippen LogP contribution is -2.05. The van der Waals surface area contributed by atoms with Crippen LogP contribution in [0.3, 0.4) is 0 Å². The van der Waals surface area contributed by atoms with E-state index in [1.54, 1.807) is 12.3 Å². The van der Waals surface area contributed by atoms with Gasteiger partial charge in [-0.1, -0.05) is 18.2 Å². The van der Waals surface area contributed by atoms with Crippen molar-refractivity contribution in [2.75, 3.05) is 0 Å². The maximum Gasteiger partial charge on any atom is 0.306 e. The first-order valence-electron chi connectivity index (χ1n) is 6.89. The number of para-hydroxylation sites is 1. The molecule has 21 heavy (non-hydrogen) atoms. The van der Waals surface area contributed by atoms with Gasteiger partial charge in [0.1, 0.15) is 23.7 Å². The zero-order valence-corrected chi connectivity index (χ0v) is 11.8. The van der Waals surface area contributed by atoms with Crippen LogP contribution < -0.4 is 0 Å². The van der Waals surface area contributed by atoms with Gasteiger partial charge in [-0.05, 0) is 25.1 Å². The highest BCUT2D eigenvalue weighted by atomic mass is 16.5. The summed E-state index contributed by atoms with van der Waals surface area (Å²) in [5.74, 6) is 1.22. The first-order valence-corrected chi connectivity index (χ1v) is 6.89. The molecule has 0 amide bonds. The van der Waals surface area contributed by atoms with Crippen LogP contribution in [0.25, 0.3) is 11.0 Å². The fraction of sp³-hybridized carbons (Fsp3) is 0.235. The molecule has 0 radical (unpaired) electrons. The van der Waals surface area contributed by atoms with E-state index in [4.69, 9.17) is 13.6 Å². The van der Waals surface area contributed by atoms with Gasteiger partial charge >= 0.3 is 5.97 Å². The molecule has 4 heteroatoms. The molecule has 2 aromatic heterocycles. The molecule has 0 atom stereocenters. The Labute approximate surface area is 122 Å². The van der Waals surface area contributed by atoms with Crippen LogP contribution in [0.5, 0.6) is 0 Å². The Bertz CT molecular complexity index is 737. The number of fused-ring (bicyclic) bond motifs is 1. The molecular formula is C17H16O4. The van der Waals surface area contributed by atoms with Gasteiger partial charge in [-0.3, -0.25) is 4.79 Å². The van der Waals surface area contributed by atoms with Crippen LogP contribution in [0.4, 0.5) is 0 Å². The van der Waals surface area contributed by atoms with E-state index in [0.29, 0.717) is 18.6 Å². The highest BCUT2D eigenvalue weighted by Crippen LogP contribution is 2.25. The third kappa shape index (κ3) is 2.99. The Balaban J connectivity index is 1.58. The van der Waals surface area contributed by atoms with E-state index < -0.39 is 0 Å². The Morgan fingerprint density at radius 1 is 1.19 bits per heavy atom. The van der Waals surface area contributed by atoms with Gasteiger partial charge in [0.15, 0.2) is 0 Å². The van der Waals surface area contributed by atoms with Crippen molar-refractivity contribution in [3.8, 4) is 0 Å². The Kier molecular flexibility index (Phi) is 3.77. The summed E-state index contributed by atoms with van der Waals surface area (Å²) >= 11 is 0. The summed E-state index contributed by atoms with van der Waals surface area (Å²) < 4.78 is 16.1. The second-order valence-electron chi connectivity index (χ2n) is 4.89. The van der Waals surface area contributed by atoms with E-state index >= 15 is 0 Å². The van der Waals surface area contributed by atoms with Crippen LogP contribution in [-0.4, -0.2) is 5.97 Å². The van der Waals surface area contributed by atoms with Crippen molar-refractivity contribution >= 4 is 16.9 Å². The molecule has 0 saturated heterocycles. The molecule has 0 aliphatic carbocycles. The lowest BCUT2D eigenvalue weighted by Gasteiger charge is -2.02. The molecule has 3 aromatic rings. The third-order valence-corrected chi connectivity index (χ3v) is 3.46. The van der Waals surface area contributed by atoms with Crippen molar-refractivity contribution in [3.63, 3.8) is 0 Å². The van der Waals surface area contributed by atoms with Crippen LogP contribution >= 0.6 is 0 Å². The number of hydrogen-bond acceptors (Lipinski definition) is 4. The third-order valence-electron chi connectivity index (χ3n) is 3.46. The van der Waals surface area contributed by atoms with Crippen molar-refractivity contribution in [1.82, 2.24) is 0 Å². The van der Waals surface area contributed by atoms with Crippen molar-refractivity contribution in [2.45, 2.75) is 26.4 Å². The molecule has 108 valence electrons. The minimum Gasteiger partial charge on any atom is -0.469 e. The zero-order chi connectivity index (χ0) is 14.7. The van der Waals surface area contributed by atoms with Crippen molar-refractivity contribution in [3.05, 3.63) is 59.7 Å². The molecule has 0 aliphatic rings. The first-order chi connectivity index (χ1) is 10.2. The normalized spacial score (nSPS) is 10.9. The summed E-state index contributed by atoms with van der Waals surface area (Å²) in [7, 11) is 0. The summed E-state index contributed by atoms with van der Waals surface area (Å²) in [6, 6.07) is 11.4. The van der Waals surface area contributed by atoms with E-state index in [1.807, 2.05) is 37.3 Å². The van der Waals surface area contributed by atoms with Gasteiger partial charge in [-0.25, -0.2) is 0 Å². The molecule has 1 aromatic carbocycles. The number of aryl methyl sites for hydroxylation is 2.